The van der Waals surface area contributed by atoms with E-state index in [9.17, 15) is 14.4 Å². The highest BCUT2D eigenvalue weighted by Crippen LogP contribution is 2.14. The van der Waals surface area contributed by atoms with Gasteiger partial charge in [-0.15, -0.1) is 0 Å². The molecular weight excluding hydrogens is 466 g/mol. The number of nitrogens with one attached hydrogen (secondary N) is 2. The van der Waals surface area contributed by atoms with Crippen LogP contribution in [-0.2, 0) is 25.6 Å². The molecule has 3 atom stereocenters. The average Bonchev–Trinajstić information content (AvgIpc) is 2.79. The van der Waals surface area contributed by atoms with Gasteiger partial charge in [-0.25, -0.2) is 9.59 Å². The van der Waals surface area contributed by atoms with Crippen LogP contribution in [0.3, 0.4) is 0 Å². The lowest BCUT2D eigenvalue weighted by Gasteiger charge is -2.32. The monoisotopic (exact) mass is 509 g/mol. The Morgan fingerprint density at radius 1 is 1.11 bits per heavy atom. The van der Waals surface area contributed by atoms with Crippen LogP contribution in [0.2, 0.25) is 0 Å². The maximum absolute atomic E-state index is 13.0. The molecule has 0 aliphatic heterocycles. The molecule has 0 radical (unpaired) electrons. The fourth-order valence-corrected chi connectivity index (χ4v) is 3.96. The highest BCUT2D eigenvalue weighted by atomic mass is 32.2. The van der Waals surface area contributed by atoms with Gasteiger partial charge in [0.2, 0.25) is 5.91 Å². The van der Waals surface area contributed by atoms with E-state index >= 15 is 0 Å². The minimum Gasteiger partial charge on any atom is -0.467 e. The molecule has 0 fully saturated rings. The summed E-state index contributed by atoms with van der Waals surface area (Å²) in [6.45, 7) is 10.6. The quantitative estimate of drug-likeness (QED) is 0.368. The predicted octanol–water partition coefficient (Wildman–Crippen LogP) is 3.84. The van der Waals surface area contributed by atoms with Gasteiger partial charge in [-0.1, -0.05) is 50.6 Å². The Kier molecular flexibility index (Phi) is 13.8. The molecule has 198 valence electrons. The maximum atomic E-state index is 13.0. The molecule has 0 aliphatic rings. The van der Waals surface area contributed by atoms with Gasteiger partial charge in [0.15, 0.2) is 0 Å². The van der Waals surface area contributed by atoms with Crippen LogP contribution >= 0.6 is 11.8 Å². The van der Waals surface area contributed by atoms with Crippen LogP contribution < -0.4 is 10.6 Å². The zero-order valence-electron chi connectivity index (χ0n) is 22.3. The van der Waals surface area contributed by atoms with E-state index in [-0.39, 0.29) is 24.4 Å². The summed E-state index contributed by atoms with van der Waals surface area (Å²) in [7, 11) is 1.32. The van der Waals surface area contributed by atoms with Gasteiger partial charge in [-0.3, -0.25) is 9.69 Å². The van der Waals surface area contributed by atoms with E-state index in [0.717, 1.165) is 17.7 Å². The van der Waals surface area contributed by atoms with Crippen molar-refractivity contribution in [2.75, 3.05) is 32.2 Å². The van der Waals surface area contributed by atoms with Gasteiger partial charge < -0.3 is 20.1 Å². The number of hydrogen-bond donors (Lipinski definition) is 2. The summed E-state index contributed by atoms with van der Waals surface area (Å²) in [4.78, 5) is 39.6. The molecule has 0 bridgehead atoms. The van der Waals surface area contributed by atoms with Crippen LogP contribution in [0.1, 0.15) is 53.0 Å². The Morgan fingerprint density at radius 2 is 1.77 bits per heavy atom. The molecule has 3 unspecified atom stereocenters. The highest BCUT2D eigenvalue weighted by Gasteiger charge is 2.27. The van der Waals surface area contributed by atoms with Crippen molar-refractivity contribution in [1.29, 1.82) is 0 Å². The van der Waals surface area contributed by atoms with E-state index in [2.05, 4.69) is 24.5 Å². The van der Waals surface area contributed by atoms with Gasteiger partial charge in [0.25, 0.3) is 0 Å². The van der Waals surface area contributed by atoms with Gasteiger partial charge in [0.05, 0.1) is 13.7 Å². The number of methoxy groups -OCH3 is 1. The summed E-state index contributed by atoms with van der Waals surface area (Å²) in [6.07, 6.45) is 2.82. The van der Waals surface area contributed by atoms with Crippen LogP contribution in [0.5, 0.6) is 0 Å². The lowest BCUT2D eigenvalue weighted by Crippen LogP contribution is -2.51. The second kappa shape index (κ2) is 15.7. The van der Waals surface area contributed by atoms with Gasteiger partial charge in [0.1, 0.15) is 11.6 Å². The van der Waals surface area contributed by atoms with Gasteiger partial charge in [-0.2, -0.15) is 11.8 Å². The molecular formula is C26H43N3O5S. The molecule has 0 saturated carbocycles. The molecule has 9 heteroatoms. The third kappa shape index (κ3) is 12.9. The molecule has 35 heavy (non-hydrogen) atoms. The average molecular weight is 510 g/mol. The van der Waals surface area contributed by atoms with E-state index in [1.807, 2.05) is 62.3 Å². The summed E-state index contributed by atoms with van der Waals surface area (Å²) >= 11 is 1.60. The second-order valence-corrected chi connectivity index (χ2v) is 10.7. The van der Waals surface area contributed by atoms with E-state index in [4.69, 9.17) is 9.47 Å². The zero-order chi connectivity index (χ0) is 26.4. The van der Waals surface area contributed by atoms with Crippen molar-refractivity contribution in [1.82, 2.24) is 15.5 Å². The molecule has 2 amide bonds. The number of nitrogens with zero attached hydrogens (tertiary/aromatic N) is 1. The Morgan fingerprint density at radius 3 is 2.31 bits per heavy atom. The summed E-state index contributed by atoms with van der Waals surface area (Å²) < 4.78 is 10.3. The van der Waals surface area contributed by atoms with Crippen molar-refractivity contribution >= 4 is 29.7 Å². The predicted molar refractivity (Wildman–Crippen MR) is 141 cm³/mol. The molecule has 1 aromatic carbocycles. The Hall–Kier alpha value is -2.26. The molecule has 2 N–H and O–H groups in total. The first-order valence-electron chi connectivity index (χ1n) is 12.1. The first kappa shape index (κ1) is 30.8. The molecule has 8 nitrogen and oxygen atoms in total. The smallest absolute Gasteiger partial charge is 0.407 e. The maximum Gasteiger partial charge on any atom is 0.407 e. The minimum atomic E-state index is -0.691. The molecule has 0 heterocycles. The molecule has 1 rings (SSSR count). The molecule has 0 spiro atoms. The SMILES string of the molecule is CCC(C)C(CN(CC(=O)NC(CCSC)C(=O)OC)Cc1ccccc1)NC(=O)OC(C)(C)C. The number of rotatable bonds is 14. The third-order valence-corrected chi connectivity index (χ3v) is 6.18. The Balaban J connectivity index is 3.02. The lowest BCUT2D eigenvalue weighted by molar-refractivity contribution is -0.145. The Bertz CT molecular complexity index is 785. The largest absolute Gasteiger partial charge is 0.467 e. The van der Waals surface area contributed by atoms with Crippen molar-refractivity contribution in [3.05, 3.63) is 35.9 Å². The van der Waals surface area contributed by atoms with Gasteiger partial charge in [-0.05, 0) is 50.7 Å². The second-order valence-electron chi connectivity index (χ2n) is 9.72. The number of esters is 1. The van der Waals surface area contributed by atoms with Gasteiger partial charge >= 0.3 is 12.1 Å². The molecule has 0 saturated heterocycles. The van der Waals surface area contributed by atoms with E-state index in [1.54, 1.807) is 11.8 Å². The summed E-state index contributed by atoms with van der Waals surface area (Å²) in [5.74, 6) is 0.167. The van der Waals surface area contributed by atoms with Crippen molar-refractivity contribution in [3.8, 4) is 0 Å². The van der Waals surface area contributed by atoms with Crippen molar-refractivity contribution in [3.63, 3.8) is 0 Å². The zero-order valence-corrected chi connectivity index (χ0v) is 23.1. The van der Waals surface area contributed by atoms with Crippen LogP contribution in [0.25, 0.3) is 0 Å². The topological polar surface area (TPSA) is 97.0 Å². The van der Waals surface area contributed by atoms with E-state index in [0.29, 0.717) is 19.5 Å². The fraction of sp³-hybridized carbons (Fsp3) is 0.654. The highest BCUT2D eigenvalue weighted by molar-refractivity contribution is 7.98. The van der Waals surface area contributed by atoms with E-state index in [1.165, 1.54) is 7.11 Å². The number of alkyl carbamates (subject to hydrolysis) is 1. The number of ether oxygens (including phenoxy) is 2. The fourth-order valence-electron chi connectivity index (χ4n) is 3.49. The summed E-state index contributed by atoms with van der Waals surface area (Å²) in [5.41, 5.74) is 0.445. The van der Waals surface area contributed by atoms with Crippen molar-refractivity contribution in [2.45, 2.75) is 71.7 Å². The first-order valence-corrected chi connectivity index (χ1v) is 13.5. The summed E-state index contributed by atoms with van der Waals surface area (Å²) in [6, 6.07) is 8.94. The third-order valence-electron chi connectivity index (χ3n) is 5.54. The molecule has 0 aliphatic carbocycles. The normalized spacial score (nSPS) is 14.1. The first-order chi connectivity index (χ1) is 16.5. The minimum absolute atomic E-state index is 0.0740. The molecule has 1 aromatic rings. The number of amides is 2. The van der Waals surface area contributed by atoms with E-state index < -0.39 is 23.7 Å². The van der Waals surface area contributed by atoms with Crippen LogP contribution in [0.15, 0.2) is 30.3 Å². The van der Waals surface area contributed by atoms with Crippen LogP contribution in [0.4, 0.5) is 4.79 Å². The van der Waals surface area contributed by atoms with Crippen molar-refractivity contribution in [2.24, 2.45) is 5.92 Å². The number of carbonyl (C=O) groups is 3. The number of thioether (sulfide) groups is 1. The number of carbonyl (C=O) groups excluding carboxylic acids is 3. The standard InChI is InChI=1S/C26H43N3O5S/c1-8-19(2)22(28-25(32)34-26(3,4)5)17-29(16-20-12-10-9-11-13-20)18-23(30)27-21(14-15-35-7)24(31)33-6/h9-13,19,21-22H,8,14-18H2,1-7H3,(H,27,30)(H,28,32). The van der Waals surface area contributed by atoms with Crippen molar-refractivity contribution < 1.29 is 23.9 Å². The van der Waals surface area contributed by atoms with Crippen LogP contribution in [-0.4, -0.2) is 72.8 Å². The lowest BCUT2D eigenvalue weighted by atomic mass is 9.98. The number of hydrogen-bond acceptors (Lipinski definition) is 7. The Labute approximate surface area is 214 Å². The molecule has 0 aromatic heterocycles. The summed E-state index contributed by atoms with van der Waals surface area (Å²) in [5, 5.41) is 5.82. The van der Waals surface area contributed by atoms with Gasteiger partial charge in [0, 0.05) is 19.1 Å². The number of benzene rings is 1. The van der Waals surface area contributed by atoms with Crippen LogP contribution in [0, 0.1) is 5.92 Å².